The van der Waals surface area contributed by atoms with E-state index in [9.17, 15) is 49.5 Å². The Kier molecular flexibility index (Phi) is 33.7. The van der Waals surface area contributed by atoms with Crippen LogP contribution in [0.5, 0.6) is 0 Å². The monoisotopic (exact) mass is 1760 g/mol. The van der Waals surface area contributed by atoms with Crippen LogP contribution in [-0.4, -0.2) is 272 Å². The van der Waals surface area contributed by atoms with Gasteiger partial charge in [0.1, 0.15) is 59.1 Å². The number of rotatable bonds is 26. The van der Waals surface area contributed by atoms with E-state index in [1.54, 1.807) is 70.4 Å². The van der Waals surface area contributed by atoms with E-state index in [0.29, 0.717) is 172 Å². The maximum Gasteiger partial charge on any atom is 0.329 e. The maximum absolute atomic E-state index is 14.8. The predicted molar refractivity (Wildman–Crippen MR) is 470 cm³/mol. The lowest BCUT2D eigenvalue weighted by atomic mass is 9.78. The number of nitrogens with two attached hydrogens (primary N) is 2. The molecule has 0 radical (unpaired) electrons. The van der Waals surface area contributed by atoms with Crippen LogP contribution in [0, 0.1) is 35.5 Å². The van der Waals surface area contributed by atoms with Crippen LogP contribution in [0.3, 0.4) is 0 Å². The molecule has 1 aromatic carbocycles. The molecule has 38 nitrogen and oxygen atoms in total. The van der Waals surface area contributed by atoms with E-state index in [1.807, 2.05) is 67.0 Å². The van der Waals surface area contributed by atoms with Crippen molar-refractivity contribution in [2.24, 2.45) is 40.7 Å². The number of cyclic esters (lactones) is 1. The smallest absolute Gasteiger partial charge is 0.329 e. The van der Waals surface area contributed by atoms with Crippen molar-refractivity contribution in [2.75, 3.05) is 102 Å². The number of amides is 3. The van der Waals surface area contributed by atoms with Gasteiger partial charge in [0.2, 0.25) is 23.6 Å². The Balaban J connectivity index is 0.638. The number of oxazole rings is 1. The zero-order chi connectivity index (χ0) is 90.6. The average molecular weight is 1760 g/mol. The Labute approximate surface area is 738 Å². The summed E-state index contributed by atoms with van der Waals surface area (Å²) < 4.78 is 44.8. The van der Waals surface area contributed by atoms with Gasteiger partial charge in [-0.2, -0.15) is 10.1 Å². The minimum Gasteiger partial charge on any atom is -0.460 e. The number of ether oxygens (including phenoxy) is 6. The van der Waals surface area contributed by atoms with E-state index in [2.05, 4.69) is 68.8 Å². The summed E-state index contributed by atoms with van der Waals surface area (Å²) in [6.45, 7) is 15.5. The lowest BCUT2D eigenvalue weighted by Gasteiger charge is -2.43. The van der Waals surface area contributed by atoms with Crippen LogP contribution >= 0.6 is 0 Å². The number of Topliss-reactive ketones (excluding diaryl/α,β-unsaturated/α-hetero) is 1. The van der Waals surface area contributed by atoms with Gasteiger partial charge in [0.15, 0.2) is 17.8 Å². The number of carbonyl (C=O) groups excluding carboxylic acids is 5. The zero-order valence-corrected chi connectivity index (χ0v) is 74.1. The molecule has 1 aliphatic carbocycles. The SMILES string of the molecule is CO[C@H]1C[C@@H]2CC[C@@H](C)[C@@](O)(O2)C(=O)C(=O)N2CCCC[C@H]2C(=O)O[C@H]([C@H](C)C[C@@H]2CC[C@@H](O)[C@H](OC)C2)C[C@@H](O)[C@H](C)/C=C(\C)[C@@H](O)[C@@H](OC)/C(=N/OCc2cn(-c3cnc(N4CCN(c5ncc(C(=O)NCCOCCC(=O)NCCCCn6nc(-c7ccc8oc(N)nc8c7)c7c(N)ncnc76)cn5)CC4CO)nc3)nn2)[C@H](C)C[C@H](C)/C=C/C=C/C=C/1C. The molecule has 688 valence electrons. The van der Waals surface area contributed by atoms with Crippen molar-refractivity contribution in [3.8, 4) is 16.9 Å². The number of piperidine rings is 1. The number of benzene rings is 1. The van der Waals surface area contributed by atoms with Crippen LogP contribution in [0.1, 0.15) is 161 Å². The van der Waals surface area contributed by atoms with Crippen molar-refractivity contribution in [1.82, 2.24) is 75.2 Å². The first-order chi connectivity index (χ1) is 61.1. The third-order valence-corrected chi connectivity index (χ3v) is 25.0. The number of aliphatic hydroxyl groups excluding tert-OH is 4. The van der Waals surface area contributed by atoms with E-state index in [4.69, 9.17) is 59.4 Å². The number of oxime groups is 1. The minimum absolute atomic E-state index is 0.0343. The molecular weight excluding hydrogens is 1640 g/mol. The Morgan fingerprint density at radius 2 is 1.59 bits per heavy atom. The Bertz CT molecular complexity index is 5000. The highest BCUT2D eigenvalue weighted by atomic mass is 16.6. The number of aryl methyl sites for hydroxylation is 1. The van der Waals surface area contributed by atoms with Crippen molar-refractivity contribution < 1.29 is 87.2 Å². The second kappa shape index (κ2) is 44.8. The number of methoxy groups -OCH3 is 3. The van der Waals surface area contributed by atoms with Gasteiger partial charge in [-0.3, -0.25) is 19.2 Å². The predicted octanol–water partition coefficient (Wildman–Crippen LogP) is 6.67. The number of esters is 1. The molecule has 127 heavy (non-hydrogen) atoms. The second-order valence-corrected chi connectivity index (χ2v) is 34.3. The standard InChI is InChI=1S/C89H124N20O18/c1-52-18-12-11-13-19-53(2)71(120-8)41-65-24-21-58(7)89(119,127-65)80(115)84(117)107-30-16-14-20-67(107)85(118)125-72(55(4)38-59-22-25-68(111)73(39-59)121-9)42-69(112)54(3)37-57(6)78(114)79(122-10)76(56(5)36-52)103-124-50-62-47-109(104-101-62)63-45-96-88(97-46-63)106-33-32-105(48-64(106)49-110)87-94-43-61(44-95-87)83(116)93-29-35-123-34-27-74(113)92-28-15-17-31-108-82-75(81(90)98-51-99-82)77(102-108)60-23-26-70-66(40-60)100-86(91)126-70/h11-13,18-19,23,26,37,40,43-47,51-52,54-56,58-59,64-65,67-69,71-73,78-79,110-112,114,119H,14-17,20-22,24-25,27-36,38-39,41-42,48-50H2,1-10H3,(H2,91,100)(H,92,113)(H,93,116)(H2,90,98,99)/b13-11+,18-12+,53-19+,57-37+,103-76+/t52-,54-,55-,56-,58-,59+,64?,65+,67+,68-,69-,71+,72+,73-,78-,79+,89-/m1/s1. The van der Waals surface area contributed by atoms with Gasteiger partial charge in [0.25, 0.3) is 23.6 Å². The van der Waals surface area contributed by atoms with Crippen LogP contribution < -0.4 is 31.9 Å². The van der Waals surface area contributed by atoms with Gasteiger partial charge < -0.3 is 100 Å². The summed E-state index contributed by atoms with van der Waals surface area (Å²) in [7, 11) is 4.63. The van der Waals surface area contributed by atoms with Gasteiger partial charge >= 0.3 is 5.97 Å². The Morgan fingerprint density at radius 1 is 0.803 bits per heavy atom. The van der Waals surface area contributed by atoms with Crippen molar-refractivity contribution >= 4 is 81.0 Å². The van der Waals surface area contributed by atoms with Crippen LogP contribution in [0.25, 0.3) is 39.1 Å². The molecule has 2 bridgehead atoms. The molecule has 3 saturated heterocycles. The van der Waals surface area contributed by atoms with E-state index >= 15 is 0 Å². The number of piperazine rings is 1. The molecule has 11 N–H and O–H groups in total. The first-order valence-electron chi connectivity index (χ1n) is 44.1. The van der Waals surface area contributed by atoms with E-state index in [1.165, 1.54) is 35.4 Å². The number of unbranched alkanes of at least 4 members (excludes halogenated alkanes) is 1. The van der Waals surface area contributed by atoms with Gasteiger partial charge in [0, 0.05) is 122 Å². The van der Waals surface area contributed by atoms with E-state index < -0.39 is 96.0 Å². The number of fused-ring (bicyclic) bond motifs is 5. The molecule has 4 aliphatic heterocycles. The molecule has 1 saturated carbocycles. The largest absolute Gasteiger partial charge is 0.460 e. The summed E-state index contributed by atoms with van der Waals surface area (Å²) in [6.07, 6.45) is 20.9. The minimum atomic E-state index is -2.47. The molecule has 12 rings (SSSR count). The summed E-state index contributed by atoms with van der Waals surface area (Å²) in [4.78, 5) is 112. The number of aromatic nitrogens is 12. The lowest BCUT2D eigenvalue weighted by Crippen LogP contribution is -2.61. The van der Waals surface area contributed by atoms with Gasteiger partial charge in [-0.1, -0.05) is 81.4 Å². The van der Waals surface area contributed by atoms with Gasteiger partial charge in [-0.15, -0.1) is 5.10 Å². The number of aliphatic hydroxyl groups is 5. The van der Waals surface area contributed by atoms with E-state index in [0.717, 1.165) is 11.1 Å². The first kappa shape index (κ1) is 95.4. The lowest BCUT2D eigenvalue weighted by molar-refractivity contribution is -0.265. The number of nitrogens with zero attached hydrogens (tertiary/aromatic N) is 16. The summed E-state index contributed by atoms with van der Waals surface area (Å²) >= 11 is 0. The maximum atomic E-state index is 14.8. The normalized spacial score (nSPS) is 28.6. The molecule has 3 amide bonds. The molecule has 1 unspecified atom stereocenters. The average Bonchev–Trinajstić information content (AvgIpc) is 1.72. The molecule has 0 spiro atoms. The van der Waals surface area contributed by atoms with Gasteiger partial charge in [-0.05, 0) is 138 Å². The first-order valence-corrected chi connectivity index (χ1v) is 44.1. The van der Waals surface area contributed by atoms with Crippen LogP contribution in [0.2, 0.25) is 0 Å². The number of hydrogen-bond acceptors (Lipinski definition) is 33. The molecular formula is C89H124N20O18. The molecule has 6 aromatic heterocycles. The second-order valence-electron chi connectivity index (χ2n) is 34.3. The fraction of sp³-hybridized carbons (Fsp3) is 0.596. The highest BCUT2D eigenvalue weighted by molar-refractivity contribution is 6.39. The number of nitrogen functional groups attached to an aromatic ring is 2. The molecule has 7 aromatic rings. The summed E-state index contributed by atoms with van der Waals surface area (Å²) in [6, 6.07) is 3.89. The van der Waals surface area contributed by atoms with Gasteiger partial charge in [0.05, 0.1) is 91.6 Å². The number of allylic oxidation sites excluding steroid dienone is 5. The molecule has 4 fully saturated rings. The van der Waals surface area contributed by atoms with E-state index in [-0.39, 0.29) is 112 Å². The number of ketones is 1. The number of nitrogens with one attached hydrogen (secondary N) is 2. The molecule has 5 aliphatic rings. The topological polar surface area (TPSA) is 501 Å². The number of hydrogen-bond donors (Lipinski definition) is 9. The van der Waals surface area contributed by atoms with Crippen molar-refractivity contribution in [2.45, 2.75) is 225 Å². The quantitative estimate of drug-likeness (QED) is 0.00898. The summed E-state index contributed by atoms with van der Waals surface area (Å²) in [5.74, 6) is -6.93. The van der Waals surface area contributed by atoms with Gasteiger partial charge in [-0.25, -0.2) is 44.1 Å². The van der Waals surface area contributed by atoms with Crippen molar-refractivity contribution in [1.29, 1.82) is 0 Å². The Hall–Kier alpha value is -10.7. The fourth-order valence-corrected chi connectivity index (χ4v) is 17.5. The molecule has 38 heteroatoms. The zero-order valence-electron chi connectivity index (χ0n) is 74.1. The third-order valence-electron chi connectivity index (χ3n) is 25.0. The number of carbonyl (C=O) groups is 5. The van der Waals surface area contributed by atoms with Crippen LogP contribution in [0.15, 0.2) is 113 Å². The number of anilines is 4. The van der Waals surface area contributed by atoms with Crippen molar-refractivity contribution in [3.05, 3.63) is 114 Å². The highest BCUT2D eigenvalue weighted by Crippen LogP contribution is 2.40. The molecule has 10 heterocycles. The van der Waals surface area contributed by atoms with Crippen molar-refractivity contribution in [3.63, 3.8) is 0 Å². The molecule has 17 atom stereocenters. The summed E-state index contributed by atoms with van der Waals surface area (Å²) in [5.41, 5.74) is 18.0. The Morgan fingerprint density at radius 3 is 2.35 bits per heavy atom. The summed E-state index contributed by atoms with van der Waals surface area (Å²) in [5, 5.41) is 82.9. The third kappa shape index (κ3) is 24.2. The van der Waals surface area contributed by atoms with Crippen LogP contribution in [0.4, 0.5) is 23.7 Å². The fourth-order valence-electron chi connectivity index (χ4n) is 17.5. The van der Waals surface area contributed by atoms with Crippen LogP contribution in [-0.2, 0) is 65.6 Å². The highest BCUT2D eigenvalue weighted by Gasteiger charge is 2.53.